The maximum absolute atomic E-state index is 12.4. The summed E-state index contributed by atoms with van der Waals surface area (Å²) in [5.74, 6) is 0.349. The molecule has 0 saturated heterocycles. The van der Waals surface area contributed by atoms with Crippen LogP contribution in [-0.4, -0.2) is 33.9 Å². The molecule has 116 valence electrons. The van der Waals surface area contributed by atoms with Crippen LogP contribution in [0.2, 0.25) is 0 Å². The molecule has 0 fully saturated rings. The highest BCUT2D eigenvalue weighted by Crippen LogP contribution is 2.19. The Balaban J connectivity index is 2.28. The van der Waals surface area contributed by atoms with Crippen LogP contribution in [-0.2, 0) is 0 Å². The van der Waals surface area contributed by atoms with E-state index in [0.717, 1.165) is 15.9 Å². The minimum atomic E-state index is -0.0761. The largest absolute Gasteiger partial charge is 0.338 e. The lowest BCUT2D eigenvalue weighted by Gasteiger charge is -2.18. The molecule has 6 heteroatoms. The second-order valence-corrected chi connectivity index (χ2v) is 5.75. The minimum Gasteiger partial charge on any atom is -0.338 e. The highest BCUT2D eigenvalue weighted by molar-refractivity contribution is 9.10. The number of amides is 1. The summed E-state index contributed by atoms with van der Waals surface area (Å²) >= 11 is 3.42. The van der Waals surface area contributed by atoms with E-state index >= 15 is 0 Å². The van der Waals surface area contributed by atoms with Crippen LogP contribution in [0.15, 0.2) is 34.8 Å². The molecule has 0 radical (unpaired) electrons. The van der Waals surface area contributed by atoms with Crippen molar-refractivity contribution < 1.29 is 4.79 Å². The van der Waals surface area contributed by atoms with E-state index in [2.05, 4.69) is 31.2 Å². The standard InChI is InChI=1S/C16H19BrN4O/c1-4-21(5-2)15(22)14-9-11(3)18-16(20-14)19-13-8-6-7-12(17)10-13/h6-10H,4-5H2,1-3H3,(H,18,19,20). The molecular weight excluding hydrogens is 344 g/mol. The van der Waals surface area contributed by atoms with Crippen molar-refractivity contribution in [1.29, 1.82) is 0 Å². The van der Waals surface area contributed by atoms with Gasteiger partial charge < -0.3 is 10.2 Å². The summed E-state index contributed by atoms with van der Waals surface area (Å²) in [6.45, 7) is 7.08. The number of hydrogen-bond donors (Lipinski definition) is 1. The number of aryl methyl sites for hydroxylation is 1. The Hall–Kier alpha value is -1.95. The maximum atomic E-state index is 12.4. The normalized spacial score (nSPS) is 10.4. The number of nitrogens with zero attached hydrogens (tertiary/aromatic N) is 3. The lowest BCUT2D eigenvalue weighted by molar-refractivity contribution is 0.0767. The zero-order valence-corrected chi connectivity index (χ0v) is 14.5. The SMILES string of the molecule is CCN(CC)C(=O)c1cc(C)nc(Nc2cccc(Br)c2)n1. The fourth-order valence-electron chi connectivity index (χ4n) is 2.10. The Labute approximate surface area is 138 Å². The molecule has 0 atom stereocenters. The number of anilines is 2. The molecule has 2 rings (SSSR count). The van der Waals surface area contributed by atoms with Crippen molar-refractivity contribution in [1.82, 2.24) is 14.9 Å². The molecule has 1 amide bonds. The second-order valence-electron chi connectivity index (χ2n) is 4.83. The van der Waals surface area contributed by atoms with Crippen LogP contribution in [0.5, 0.6) is 0 Å². The van der Waals surface area contributed by atoms with E-state index in [-0.39, 0.29) is 5.91 Å². The van der Waals surface area contributed by atoms with Crippen molar-refractivity contribution in [3.05, 3.63) is 46.2 Å². The Bertz CT molecular complexity index is 671. The van der Waals surface area contributed by atoms with Gasteiger partial charge >= 0.3 is 0 Å². The van der Waals surface area contributed by atoms with Gasteiger partial charge in [0.15, 0.2) is 0 Å². The van der Waals surface area contributed by atoms with Gasteiger partial charge in [0.05, 0.1) is 0 Å². The predicted molar refractivity (Wildman–Crippen MR) is 91.4 cm³/mol. The zero-order chi connectivity index (χ0) is 16.1. The van der Waals surface area contributed by atoms with Crippen molar-refractivity contribution in [3.8, 4) is 0 Å². The van der Waals surface area contributed by atoms with Gasteiger partial charge in [-0.3, -0.25) is 4.79 Å². The molecule has 2 aromatic rings. The van der Waals surface area contributed by atoms with Gasteiger partial charge in [-0.15, -0.1) is 0 Å². The maximum Gasteiger partial charge on any atom is 0.272 e. The number of carbonyl (C=O) groups is 1. The lowest BCUT2D eigenvalue weighted by atomic mass is 10.3. The number of nitrogens with one attached hydrogen (secondary N) is 1. The number of benzene rings is 1. The van der Waals surface area contributed by atoms with E-state index in [1.807, 2.05) is 45.0 Å². The number of carbonyl (C=O) groups excluding carboxylic acids is 1. The summed E-state index contributed by atoms with van der Waals surface area (Å²) in [5, 5.41) is 3.13. The second kappa shape index (κ2) is 7.35. The van der Waals surface area contributed by atoms with Gasteiger partial charge in [-0.2, -0.15) is 0 Å². The molecule has 0 aliphatic heterocycles. The first-order valence-electron chi connectivity index (χ1n) is 7.21. The van der Waals surface area contributed by atoms with Gasteiger partial charge in [0.1, 0.15) is 5.69 Å². The van der Waals surface area contributed by atoms with E-state index in [1.54, 1.807) is 11.0 Å². The summed E-state index contributed by atoms with van der Waals surface area (Å²) in [6.07, 6.45) is 0. The van der Waals surface area contributed by atoms with Crippen LogP contribution in [0.1, 0.15) is 30.0 Å². The van der Waals surface area contributed by atoms with Gasteiger partial charge in [0.25, 0.3) is 5.91 Å². The number of hydrogen-bond acceptors (Lipinski definition) is 4. The molecule has 0 saturated carbocycles. The van der Waals surface area contributed by atoms with Gasteiger partial charge in [0.2, 0.25) is 5.95 Å². The zero-order valence-electron chi connectivity index (χ0n) is 12.9. The Morgan fingerprint density at radius 2 is 1.95 bits per heavy atom. The molecule has 0 aliphatic carbocycles. The highest BCUT2D eigenvalue weighted by Gasteiger charge is 2.15. The molecule has 22 heavy (non-hydrogen) atoms. The van der Waals surface area contributed by atoms with Crippen LogP contribution in [0.4, 0.5) is 11.6 Å². The first-order chi connectivity index (χ1) is 10.5. The van der Waals surface area contributed by atoms with Crippen molar-refractivity contribution >= 4 is 33.5 Å². The Morgan fingerprint density at radius 1 is 1.23 bits per heavy atom. The first-order valence-corrected chi connectivity index (χ1v) is 8.00. The van der Waals surface area contributed by atoms with Crippen LogP contribution < -0.4 is 5.32 Å². The van der Waals surface area contributed by atoms with Gasteiger partial charge in [-0.25, -0.2) is 9.97 Å². The van der Waals surface area contributed by atoms with E-state index in [0.29, 0.717) is 24.7 Å². The van der Waals surface area contributed by atoms with Crippen molar-refractivity contribution in [2.75, 3.05) is 18.4 Å². The fourth-order valence-corrected chi connectivity index (χ4v) is 2.50. The molecule has 1 N–H and O–H groups in total. The van der Waals surface area contributed by atoms with Crippen LogP contribution >= 0.6 is 15.9 Å². The summed E-state index contributed by atoms with van der Waals surface area (Å²) in [6, 6.07) is 9.43. The quantitative estimate of drug-likeness (QED) is 0.879. The van der Waals surface area contributed by atoms with Crippen molar-refractivity contribution in [2.24, 2.45) is 0 Å². The average Bonchev–Trinajstić information content (AvgIpc) is 2.47. The summed E-state index contributed by atoms with van der Waals surface area (Å²) < 4.78 is 0.963. The monoisotopic (exact) mass is 362 g/mol. The van der Waals surface area contributed by atoms with Gasteiger partial charge in [0, 0.05) is 28.9 Å². The number of halogens is 1. The molecule has 0 unspecified atom stereocenters. The lowest BCUT2D eigenvalue weighted by Crippen LogP contribution is -2.31. The van der Waals surface area contributed by atoms with Crippen LogP contribution in [0.25, 0.3) is 0 Å². The van der Waals surface area contributed by atoms with E-state index in [1.165, 1.54) is 0 Å². The molecule has 0 aliphatic rings. The molecular formula is C16H19BrN4O. The van der Waals surface area contributed by atoms with Crippen LogP contribution in [0.3, 0.4) is 0 Å². The Kier molecular flexibility index (Phi) is 5.49. The van der Waals surface area contributed by atoms with E-state index in [4.69, 9.17) is 0 Å². The molecule has 1 aromatic heterocycles. The summed E-state index contributed by atoms with van der Waals surface area (Å²) in [4.78, 5) is 22.8. The molecule has 5 nitrogen and oxygen atoms in total. The van der Waals surface area contributed by atoms with E-state index < -0.39 is 0 Å². The van der Waals surface area contributed by atoms with E-state index in [9.17, 15) is 4.79 Å². The molecule has 1 aromatic carbocycles. The number of aromatic nitrogens is 2. The third-order valence-electron chi connectivity index (χ3n) is 3.20. The smallest absolute Gasteiger partial charge is 0.272 e. The van der Waals surface area contributed by atoms with Crippen molar-refractivity contribution in [2.45, 2.75) is 20.8 Å². The third kappa shape index (κ3) is 4.04. The highest BCUT2D eigenvalue weighted by atomic mass is 79.9. The fraction of sp³-hybridized carbons (Fsp3) is 0.312. The van der Waals surface area contributed by atoms with Crippen molar-refractivity contribution in [3.63, 3.8) is 0 Å². The Morgan fingerprint density at radius 3 is 2.59 bits per heavy atom. The summed E-state index contributed by atoms with van der Waals surface area (Å²) in [7, 11) is 0. The molecule has 0 bridgehead atoms. The summed E-state index contributed by atoms with van der Waals surface area (Å²) in [5.41, 5.74) is 2.03. The topological polar surface area (TPSA) is 58.1 Å². The molecule has 1 heterocycles. The third-order valence-corrected chi connectivity index (χ3v) is 3.70. The first kappa shape index (κ1) is 16.4. The van der Waals surface area contributed by atoms with Gasteiger partial charge in [-0.1, -0.05) is 22.0 Å². The number of rotatable bonds is 5. The predicted octanol–water partition coefficient (Wildman–Crippen LogP) is 3.77. The average molecular weight is 363 g/mol. The van der Waals surface area contributed by atoms with Gasteiger partial charge in [-0.05, 0) is 45.0 Å². The minimum absolute atomic E-state index is 0.0761. The molecule has 0 spiro atoms. The van der Waals surface area contributed by atoms with Crippen LogP contribution in [0, 0.1) is 6.92 Å².